The molecule has 0 fully saturated rings. The van der Waals surface area contributed by atoms with E-state index in [9.17, 15) is 10.1 Å². The zero-order valence-corrected chi connectivity index (χ0v) is 12.1. The number of H-pyrrole nitrogens is 1. The molecule has 0 saturated carbocycles. The third-order valence-electron chi connectivity index (χ3n) is 2.78. The van der Waals surface area contributed by atoms with Gasteiger partial charge in [-0.15, -0.1) is 5.10 Å². The van der Waals surface area contributed by atoms with Crippen molar-refractivity contribution >= 4 is 17.4 Å². The number of nitrogens with zero attached hydrogens (tertiary/aromatic N) is 6. The zero-order valence-electron chi connectivity index (χ0n) is 11.3. The lowest BCUT2D eigenvalue weighted by molar-refractivity contribution is -0.385. The molecule has 0 atom stereocenters. The Morgan fingerprint density at radius 1 is 1.41 bits per heavy atom. The number of aromatic nitrogens is 6. The number of rotatable bonds is 6. The molecule has 0 aliphatic rings. The van der Waals surface area contributed by atoms with Crippen LogP contribution in [0.2, 0.25) is 0 Å². The van der Waals surface area contributed by atoms with E-state index in [1.165, 1.54) is 28.8 Å². The topological polar surface area (TPSA) is 115 Å². The van der Waals surface area contributed by atoms with E-state index in [2.05, 4.69) is 25.3 Å². The second-order valence-corrected chi connectivity index (χ2v) is 5.34. The smallest absolute Gasteiger partial charge is 0.265 e. The predicted molar refractivity (Wildman–Crippen MR) is 79.2 cm³/mol. The Hall–Kier alpha value is -2.75. The molecule has 0 aromatic carbocycles. The van der Waals surface area contributed by atoms with E-state index in [0.717, 1.165) is 5.56 Å². The first-order valence-corrected chi connectivity index (χ1v) is 7.33. The number of aromatic amines is 1. The maximum absolute atomic E-state index is 10.6. The average Bonchev–Trinajstić information content (AvgIpc) is 3.18. The Morgan fingerprint density at radius 2 is 2.32 bits per heavy atom. The summed E-state index contributed by atoms with van der Waals surface area (Å²) in [5, 5.41) is 22.1. The highest BCUT2D eigenvalue weighted by molar-refractivity contribution is 7.99. The van der Waals surface area contributed by atoms with Crippen LogP contribution in [0, 0.1) is 10.1 Å². The van der Waals surface area contributed by atoms with Gasteiger partial charge in [-0.2, -0.15) is 5.10 Å². The van der Waals surface area contributed by atoms with Crippen LogP contribution in [0.15, 0.2) is 42.1 Å². The molecule has 3 aromatic heterocycles. The fraction of sp³-hybridized carbons (Fsp3) is 0.167. The van der Waals surface area contributed by atoms with Gasteiger partial charge < -0.3 is 0 Å². The Balaban J connectivity index is 1.56. The summed E-state index contributed by atoms with van der Waals surface area (Å²) in [4.78, 5) is 18.5. The molecule has 0 aliphatic heterocycles. The van der Waals surface area contributed by atoms with Gasteiger partial charge >= 0.3 is 5.69 Å². The molecule has 3 aromatic rings. The molecular weight excluding hydrogens is 306 g/mol. The molecule has 0 aliphatic carbocycles. The molecule has 9 nitrogen and oxygen atoms in total. The van der Waals surface area contributed by atoms with Gasteiger partial charge in [-0.25, -0.2) is 4.98 Å². The van der Waals surface area contributed by atoms with Crippen LogP contribution >= 0.6 is 11.8 Å². The molecule has 0 radical (unpaired) electrons. The fourth-order valence-corrected chi connectivity index (χ4v) is 2.47. The highest BCUT2D eigenvalue weighted by Crippen LogP contribution is 2.18. The summed E-state index contributed by atoms with van der Waals surface area (Å²) in [6.45, 7) is 0.537. The van der Waals surface area contributed by atoms with Gasteiger partial charge in [-0.05, 0) is 12.1 Å². The molecule has 1 N–H and O–H groups in total. The van der Waals surface area contributed by atoms with E-state index in [4.69, 9.17) is 0 Å². The SMILES string of the molecule is O=[N+]([O-])c1cnn(CCSc2n[nH]c(-c3cccnc3)n2)c1. The van der Waals surface area contributed by atoms with Gasteiger partial charge in [0.15, 0.2) is 5.82 Å². The van der Waals surface area contributed by atoms with Gasteiger partial charge in [0.25, 0.3) is 0 Å². The maximum atomic E-state index is 10.6. The molecule has 22 heavy (non-hydrogen) atoms. The maximum Gasteiger partial charge on any atom is 0.306 e. The van der Waals surface area contributed by atoms with Gasteiger partial charge in [0.05, 0.1) is 11.5 Å². The van der Waals surface area contributed by atoms with Crippen molar-refractivity contribution in [1.29, 1.82) is 0 Å². The standard InChI is InChI=1S/C12H11N7O2S/c20-19(21)10-7-14-18(8-10)4-5-22-12-15-11(16-17-12)9-2-1-3-13-6-9/h1-3,6-8H,4-5H2,(H,15,16,17). The number of aryl methyl sites for hydroxylation is 1. The molecule has 3 rings (SSSR count). The van der Waals surface area contributed by atoms with Crippen LogP contribution in [0.25, 0.3) is 11.4 Å². The minimum Gasteiger partial charge on any atom is -0.265 e. The summed E-state index contributed by atoms with van der Waals surface area (Å²) >= 11 is 1.44. The molecule has 0 saturated heterocycles. The highest BCUT2D eigenvalue weighted by Gasteiger charge is 2.09. The second kappa shape index (κ2) is 6.35. The van der Waals surface area contributed by atoms with Crippen LogP contribution in [0.5, 0.6) is 0 Å². The normalized spacial score (nSPS) is 10.7. The molecule has 3 heterocycles. The Morgan fingerprint density at radius 3 is 3.05 bits per heavy atom. The number of nitrogens with one attached hydrogen (secondary N) is 1. The lowest BCUT2D eigenvalue weighted by atomic mass is 10.3. The van der Waals surface area contributed by atoms with E-state index in [0.29, 0.717) is 23.3 Å². The molecule has 0 spiro atoms. The Kier molecular flexibility index (Phi) is 4.10. The van der Waals surface area contributed by atoms with Gasteiger partial charge in [0.2, 0.25) is 5.16 Å². The molecular formula is C12H11N7O2S. The summed E-state index contributed by atoms with van der Waals surface area (Å²) in [6, 6.07) is 3.72. The monoisotopic (exact) mass is 317 g/mol. The van der Waals surface area contributed by atoms with Gasteiger partial charge in [0.1, 0.15) is 12.4 Å². The van der Waals surface area contributed by atoms with E-state index in [1.807, 2.05) is 12.1 Å². The van der Waals surface area contributed by atoms with Crippen LogP contribution in [0.1, 0.15) is 0 Å². The lowest BCUT2D eigenvalue weighted by Crippen LogP contribution is -2.00. The number of hydrogen-bond donors (Lipinski definition) is 1. The Labute approximate surface area is 128 Å². The minimum atomic E-state index is -0.466. The van der Waals surface area contributed by atoms with Crippen LogP contribution in [0.3, 0.4) is 0 Å². The zero-order chi connectivity index (χ0) is 15.4. The van der Waals surface area contributed by atoms with Crippen LogP contribution in [0.4, 0.5) is 5.69 Å². The fourth-order valence-electron chi connectivity index (χ4n) is 1.74. The lowest BCUT2D eigenvalue weighted by Gasteiger charge is -1.97. The average molecular weight is 317 g/mol. The molecule has 0 amide bonds. The van der Waals surface area contributed by atoms with Crippen LogP contribution in [-0.2, 0) is 6.54 Å². The number of thioether (sulfide) groups is 1. The van der Waals surface area contributed by atoms with Crippen LogP contribution < -0.4 is 0 Å². The molecule has 0 bridgehead atoms. The molecule has 10 heteroatoms. The highest BCUT2D eigenvalue weighted by atomic mass is 32.2. The summed E-state index contributed by atoms with van der Waals surface area (Å²) in [6.07, 6.45) is 6.04. The van der Waals surface area contributed by atoms with Gasteiger partial charge in [-0.1, -0.05) is 11.8 Å². The van der Waals surface area contributed by atoms with Gasteiger partial charge in [0, 0.05) is 23.7 Å². The summed E-state index contributed by atoms with van der Waals surface area (Å²) in [7, 11) is 0. The quantitative estimate of drug-likeness (QED) is 0.418. The van der Waals surface area contributed by atoms with Crippen molar-refractivity contribution in [2.24, 2.45) is 0 Å². The third-order valence-corrected chi connectivity index (χ3v) is 3.61. The van der Waals surface area contributed by atoms with E-state index in [-0.39, 0.29) is 5.69 Å². The summed E-state index contributed by atoms with van der Waals surface area (Å²) in [5.41, 5.74) is 0.853. The predicted octanol–water partition coefficient (Wildman–Crippen LogP) is 1.76. The first kappa shape index (κ1) is 14.2. The minimum absolute atomic E-state index is 0.0123. The number of nitro groups is 1. The van der Waals surface area contributed by atoms with Crippen molar-refractivity contribution in [3.05, 3.63) is 47.0 Å². The number of hydrogen-bond acceptors (Lipinski definition) is 7. The van der Waals surface area contributed by atoms with E-state index >= 15 is 0 Å². The van der Waals surface area contributed by atoms with Crippen molar-refractivity contribution in [2.75, 3.05) is 5.75 Å². The van der Waals surface area contributed by atoms with Crippen molar-refractivity contribution < 1.29 is 4.92 Å². The number of pyridine rings is 1. The van der Waals surface area contributed by atoms with Crippen LogP contribution in [-0.4, -0.2) is 40.6 Å². The van der Waals surface area contributed by atoms with E-state index in [1.54, 1.807) is 12.4 Å². The van der Waals surface area contributed by atoms with Crippen molar-refractivity contribution in [1.82, 2.24) is 29.9 Å². The largest absolute Gasteiger partial charge is 0.306 e. The van der Waals surface area contributed by atoms with Crippen molar-refractivity contribution in [3.63, 3.8) is 0 Å². The van der Waals surface area contributed by atoms with E-state index < -0.39 is 4.92 Å². The second-order valence-electron chi connectivity index (χ2n) is 4.28. The first-order valence-electron chi connectivity index (χ1n) is 6.35. The molecule has 0 unspecified atom stereocenters. The summed E-state index contributed by atoms with van der Waals surface area (Å²) in [5.74, 6) is 1.31. The van der Waals surface area contributed by atoms with Crippen molar-refractivity contribution in [3.8, 4) is 11.4 Å². The van der Waals surface area contributed by atoms with Crippen molar-refractivity contribution in [2.45, 2.75) is 11.7 Å². The van der Waals surface area contributed by atoms with Gasteiger partial charge in [-0.3, -0.25) is 24.9 Å². The first-order chi connectivity index (χ1) is 10.7. The molecule has 112 valence electrons. The third kappa shape index (κ3) is 3.28. The Bertz CT molecular complexity index is 771. The summed E-state index contributed by atoms with van der Waals surface area (Å²) < 4.78 is 1.53.